The minimum Gasteiger partial charge on any atom is -0.388 e. The first-order valence-corrected chi connectivity index (χ1v) is 5.14. The van der Waals surface area contributed by atoms with E-state index in [0.717, 1.165) is 11.3 Å². The van der Waals surface area contributed by atoms with Gasteiger partial charge < -0.3 is 5.32 Å². The van der Waals surface area contributed by atoms with Gasteiger partial charge in [0.15, 0.2) is 5.82 Å². The van der Waals surface area contributed by atoms with E-state index in [1.165, 1.54) is 0 Å². The number of rotatable bonds is 2. The highest BCUT2D eigenvalue weighted by Crippen LogP contribution is 2.17. The molecule has 5 nitrogen and oxygen atoms in total. The summed E-state index contributed by atoms with van der Waals surface area (Å²) in [7, 11) is 1.82. The van der Waals surface area contributed by atoms with Crippen LogP contribution in [0.4, 0.5) is 5.69 Å². The lowest BCUT2D eigenvalue weighted by Crippen LogP contribution is -1.95. The molecule has 1 aromatic heterocycles. The Kier molecular flexibility index (Phi) is 4.32. The van der Waals surface area contributed by atoms with Gasteiger partial charge in [-0.2, -0.15) is 0 Å². The molecular formula is C11H15N3O2. The molecule has 0 aliphatic carbocycles. The van der Waals surface area contributed by atoms with Gasteiger partial charge in [0.05, 0.1) is 0 Å². The summed E-state index contributed by atoms with van der Waals surface area (Å²) in [6.07, 6.45) is 0. The number of aromatic nitrogens is 2. The van der Waals surface area contributed by atoms with Crippen molar-refractivity contribution in [2.75, 3.05) is 12.4 Å². The number of nitrogens with zero attached hydrogens (tertiary/aromatic N) is 1. The van der Waals surface area contributed by atoms with Crippen LogP contribution in [0.1, 0.15) is 13.8 Å². The standard InChI is InChI=1S/C9H9N3O2.C2H6/c1-10-7-4-2-3-6(5-7)8-11-9(13)14-12-8;1-2/h2-5,10H,1H3,(H,11,12,13);1-2H3. The quantitative estimate of drug-likeness (QED) is 0.814. The number of H-pyrrole nitrogens is 1. The van der Waals surface area contributed by atoms with E-state index in [9.17, 15) is 4.79 Å². The second-order valence-electron chi connectivity index (χ2n) is 2.77. The van der Waals surface area contributed by atoms with Crippen LogP contribution in [0.25, 0.3) is 11.4 Å². The number of anilines is 1. The highest BCUT2D eigenvalue weighted by Gasteiger charge is 2.03. The second-order valence-corrected chi connectivity index (χ2v) is 2.77. The Hall–Kier alpha value is -2.04. The number of aromatic amines is 1. The van der Waals surface area contributed by atoms with E-state index in [1.54, 1.807) is 0 Å². The average Bonchev–Trinajstić information content (AvgIpc) is 2.79. The zero-order valence-electron chi connectivity index (χ0n) is 9.57. The van der Waals surface area contributed by atoms with Crippen molar-refractivity contribution in [3.8, 4) is 11.4 Å². The lowest BCUT2D eigenvalue weighted by atomic mass is 10.2. The molecule has 0 atom stereocenters. The molecule has 16 heavy (non-hydrogen) atoms. The summed E-state index contributed by atoms with van der Waals surface area (Å²) in [6, 6.07) is 7.50. The summed E-state index contributed by atoms with van der Waals surface area (Å²) < 4.78 is 4.41. The molecule has 1 heterocycles. The fourth-order valence-corrected chi connectivity index (χ4v) is 1.18. The fourth-order valence-electron chi connectivity index (χ4n) is 1.18. The van der Waals surface area contributed by atoms with Crippen molar-refractivity contribution in [1.29, 1.82) is 0 Å². The molecule has 2 aromatic rings. The monoisotopic (exact) mass is 221 g/mol. The molecular weight excluding hydrogens is 206 g/mol. The third kappa shape index (κ3) is 2.73. The molecule has 0 aliphatic rings. The van der Waals surface area contributed by atoms with Crippen LogP contribution < -0.4 is 11.1 Å². The van der Waals surface area contributed by atoms with Crippen LogP contribution >= 0.6 is 0 Å². The maximum Gasteiger partial charge on any atom is 0.439 e. The minimum absolute atomic E-state index is 0.437. The van der Waals surface area contributed by atoms with Crippen LogP contribution in [-0.4, -0.2) is 17.2 Å². The van der Waals surface area contributed by atoms with Crippen LogP contribution in [0.5, 0.6) is 0 Å². The molecule has 0 unspecified atom stereocenters. The van der Waals surface area contributed by atoms with E-state index in [0.29, 0.717) is 5.82 Å². The highest BCUT2D eigenvalue weighted by atomic mass is 16.5. The van der Waals surface area contributed by atoms with Gasteiger partial charge in [-0.05, 0) is 12.1 Å². The number of nitrogens with one attached hydrogen (secondary N) is 2. The molecule has 0 amide bonds. The fraction of sp³-hybridized carbons (Fsp3) is 0.273. The Morgan fingerprint density at radius 3 is 2.69 bits per heavy atom. The first kappa shape index (κ1) is 12.0. The topological polar surface area (TPSA) is 70.9 Å². The minimum atomic E-state index is -0.546. The molecule has 2 N–H and O–H groups in total. The van der Waals surface area contributed by atoms with Crippen molar-refractivity contribution in [1.82, 2.24) is 10.1 Å². The van der Waals surface area contributed by atoms with E-state index in [4.69, 9.17) is 0 Å². The first-order valence-electron chi connectivity index (χ1n) is 5.14. The lowest BCUT2D eigenvalue weighted by molar-refractivity contribution is 0.388. The second kappa shape index (κ2) is 5.75. The zero-order valence-corrected chi connectivity index (χ0v) is 9.57. The van der Waals surface area contributed by atoms with Crippen molar-refractivity contribution in [3.05, 3.63) is 34.8 Å². The van der Waals surface area contributed by atoms with E-state index < -0.39 is 5.76 Å². The summed E-state index contributed by atoms with van der Waals surface area (Å²) in [5, 5.41) is 6.58. The maximum absolute atomic E-state index is 10.7. The summed E-state index contributed by atoms with van der Waals surface area (Å²) in [5.74, 6) is -0.109. The van der Waals surface area contributed by atoms with Crippen molar-refractivity contribution in [2.45, 2.75) is 13.8 Å². The molecule has 0 bridgehead atoms. The van der Waals surface area contributed by atoms with E-state index in [2.05, 4.69) is 20.0 Å². The molecule has 0 aliphatic heterocycles. The van der Waals surface area contributed by atoms with Gasteiger partial charge >= 0.3 is 5.76 Å². The molecule has 0 saturated carbocycles. The van der Waals surface area contributed by atoms with E-state index in [1.807, 2.05) is 45.2 Å². The zero-order chi connectivity index (χ0) is 12.0. The van der Waals surface area contributed by atoms with Crippen LogP contribution in [0.2, 0.25) is 0 Å². The molecule has 0 radical (unpaired) electrons. The Balaban J connectivity index is 0.000000606. The first-order chi connectivity index (χ1) is 7.79. The molecule has 1 aromatic carbocycles. The maximum atomic E-state index is 10.7. The molecule has 0 saturated heterocycles. The summed E-state index contributed by atoms with van der Waals surface area (Å²) in [6.45, 7) is 4.00. The van der Waals surface area contributed by atoms with Crippen molar-refractivity contribution < 1.29 is 4.52 Å². The molecule has 2 rings (SSSR count). The SMILES string of the molecule is CC.CNc1cccc(-c2noc(=O)[nH]2)c1. The summed E-state index contributed by atoms with van der Waals surface area (Å²) >= 11 is 0. The van der Waals surface area contributed by atoms with Gasteiger partial charge in [0.1, 0.15) is 0 Å². The lowest BCUT2D eigenvalue weighted by Gasteiger charge is -2.00. The molecule has 0 spiro atoms. The number of hydrogen-bond acceptors (Lipinski definition) is 4. The Morgan fingerprint density at radius 1 is 1.38 bits per heavy atom. The number of hydrogen-bond donors (Lipinski definition) is 2. The van der Waals surface area contributed by atoms with Crippen LogP contribution in [0, 0.1) is 0 Å². The smallest absolute Gasteiger partial charge is 0.388 e. The van der Waals surface area contributed by atoms with Gasteiger partial charge in [-0.3, -0.25) is 9.51 Å². The van der Waals surface area contributed by atoms with Crippen LogP contribution in [-0.2, 0) is 0 Å². The van der Waals surface area contributed by atoms with Gasteiger partial charge in [-0.25, -0.2) is 4.79 Å². The largest absolute Gasteiger partial charge is 0.439 e. The Morgan fingerprint density at radius 2 is 2.12 bits per heavy atom. The highest BCUT2D eigenvalue weighted by molar-refractivity contribution is 5.61. The third-order valence-corrected chi connectivity index (χ3v) is 1.86. The molecule has 5 heteroatoms. The predicted molar refractivity (Wildman–Crippen MR) is 63.5 cm³/mol. The Labute approximate surface area is 93.5 Å². The third-order valence-electron chi connectivity index (χ3n) is 1.86. The van der Waals surface area contributed by atoms with E-state index in [-0.39, 0.29) is 0 Å². The van der Waals surface area contributed by atoms with Gasteiger partial charge in [0.25, 0.3) is 0 Å². The Bertz CT molecular complexity index is 488. The van der Waals surface area contributed by atoms with Crippen LogP contribution in [0.15, 0.2) is 33.6 Å². The van der Waals surface area contributed by atoms with Crippen molar-refractivity contribution >= 4 is 5.69 Å². The number of benzene rings is 1. The summed E-state index contributed by atoms with van der Waals surface area (Å²) in [4.78, 5) is 13.2. The van der Waals surface area contributed by atoms with Gasteiger partial charge in [-0.15, -0.1) is 0 Å². The van der Waals surface area contributed by atoms with Gasteiger partial charge in [-0.1, -0.05) is 31.1 Å². The molecule has 0 fully saturated rings. The molecule has 86 valence electrons. The van der Waals surface area contributed by atoms with Crippen molar-refractivity contribution in [3.63, 3.8) is 0 Å². The van der Waals surface area contributed by atoms with Gasteiger partial charge in [0.2, 0.25) is 0 Å². The predicted octanol–water partition coefficient (Wildman–Crippen LogP) is 2.10. The van der Waals surface area contributed by atoms with Crippen LogP contribution in [0.3, 0.4) is 0 Å². The summed E-state index contributed by atoms with van der Waals surface area (Å²) in [5.41, 5.74) is 1.76. The van der Waals surface area contributed by atoms with E-state index >= 15 is 0 Å². The van der Waals surface area contributed by atoms with Crippen molar-refractivity contribution in [2.24, 2.45) is 0 Å². The average molecular weight is 221 g/mol. The normalized spacial score (nSPS) is 9.19. The van der Waals surface area contributed by atoms with Gasteiger partial charge in [0, 0.05) is 18.3 Å².